The van der Waals surface area contributed by atoms with Crippen LogP contribution >= 0.6 is 0 Å². The molecule has 0 saturated heterocycles. The zero-order chi connectivity index (χ0) is 6.85. The molecule has 1 rings (SSSR count). The summed E-state index contributed by atoms with van der Waals surface area (Å²) in [6, 6.07) is -0.0151. The van der Waals surface area contributed by atoms with E-state index in [1.54, 1.807) is 4.68 Å². The SMILES string of the molecule is C[C@H](N)c1cn(C)nn1. The van der Waals surface area contributed by atoms with Gasteiger partial charge in [0.15, 0.2) is 0 Å². The highest BCUT2D eigenvalue weighted by atomic mass is 15.4. The highest BCUT2D eigenvalue weighted by Crippen LogP contribution is 2.01. The van der Waals surface area contributed by atoms with Crippen molar-refractivity contribution >= 4 is 0 Å². The molecule has 0 aliphatic carbocycles. The molecule has 4 heteroatoms. The van der Waals surface area contributed by atoms with Crippen LogP contribution in [0.3, 0.4) is 0 Å². The molecule has 0 unspecified atom stereocenters. The summed E-state index contributed by atoms with van der Waals surface area (Å²) < 4.78 is 1.64. The molecule has 0 bridgehead atoms. The fourth-order valence-corrected chi connectivity index (χ4v) is 0.574. The maximum Gasteiger partial charge on any atom is 0.0991 e. The number of nitrogens with zero attached hydrogens (tertiary/aromatic N) is 3. The predicted octanol–water partition coefficient (Wildman–Crippen LogP) is -0.165. The number of hydrogen-bond acceptors (Lipinski definition) is 3. The second-order valence-corrected chi connectivity index (χ2v) is 2.11. The first-order chi connectivity index (χ1) is 4.20. The average molecular weight is 126 g/mol. The van der Waals surface area contributed by atoms with Crippen LogP contribution in [0.5, 0.6) is 0 Å². The monoisotopic (exact) mass is 126 g/mol. The van der Waals surface area contributed by atoms with Crippen LogP contribution in [0.2, 0.25) is 0 Å². The van der Waals surface area contributed by atoms with Gasteiger partial charge in [-0.1, -0.05) is 5.21 Å². The number of hydrogen-bond donors (Lipinski definition) is 1. The van der Waals surface area contributed by atoms with Gasteiger partial charge in [-0.2, -0.15) is 0 Å². The largest absolute Gasteiger partial charge is 0.323 e. The van der Waals surface area contributed by atoms with Gasteiger partial charge in [-0.05, 0) is 6.92 Å². The van der Waals surface area contributed by atoms with Crippen molar-refractivity contribution in [2.45, 2.75) is 13.0 Å². The molecule has 1 aromatic heterocycles. The Bertz CT molecular complexity index is 191. The molecule has 1 aromatic rings. The van der Waals surface area contributed by atoms with Gasteiger partial charge in [-0.15, -0.1) is 5.10 Å². The highest BCUT2D eigenvalue weighted by molar-refractivity contribution is 4.96. The lowest BCUT2D eigenvalue weighted by Gasteiger charge is -1.94. The minimum absolute atomic E-state index is 0.0151. The molecule has 2 N–H and O–H groups in total. The van der Waals surface area contributed by atoms with E-state index in [0.29, 0.717) is 0 Å². The maximum absolute atomic E-state index is 5.51. The summed E-state index contributed by atoms with van der Waals surface area (Å²) in [7, 11) is 1.82. The van der Waals surface area contributed by atoms with Crippen molar-refractivity contribution < 1.29 is 0 Å². The van der Waals surface area contributed by atoms with Crippen molar-refractivity contribution in [1.29, 1.82) is 0 Å². The van der Waals surface area contributed by atoms with Crippen LogP contribution < -0.4 is 5.73 Å². The van der Waals surface area contributed by atoms with Gasteiger partial charge in [0.1, 0.15) is 0 Å². The first kappa shape index (κ1) is 6.22. The smallest absolute Gasteiger partial charge is 0.0991 e. The molecule has 1 atom stereocenters. The van der Waals surface area contributed by atoms with Gasteiger partial charge in [0.05, 0.1) is 5.69 Å². The van der Waals surface area contributed by atoms with E-state index in [4.69, 9.17) is 5.73 Å². The molecule has 0 aliphatic heterocycles. The van der Waals surface area contributed by atoms with Crippen molar-refractivity contribution in [3.8, 4) is 0 Å². The van der Waals surface area contributed by atoms with Gasteiger partial charge in [-0.25, -0.2) is 0 Å². The average Bonchev–Trinajstić information content (AvgIpc) is 2.14. The fraction of sp³-hybridized carbons (Fsp3) is 0.600. The molecule has 4 nitrogen and oxygen atoms in total. The Morgan fingerprint density at radius 1 is 1.78 bits per heavy atom. The molecule has 0 radical (unpaired) electrons. The van der Waals surface area contributed by atoms with Crippen LogP contribution in [-0.2, 0) is 7.05 Å². The molecule has 9 heavy (non-hydrogen) atoms. The number of aromatic nitrogens is 3. The van der Waals surface area contributed by atoms with Crippen LogP contribution in [0.25, 0.3) is 0 Å². The summed E-state index contributed by atoms with van der Waals surface area (Å²) in [5.41, 5.74) is 6.34. The summed E-state index contributed by atoms with van der Waals surface area (Å²) in [4.78, 5) is 0. The summed E-state index contributed by atoms with van der Waals surface area (Å²) >= 11 is 0. The third-order valence-corrected chi connectivity index (χ3v) is 1.09. The first-order valence-corrected chi connectivity index (χ1v) is 2.82. The molecule has 50 valence electrons. The van der Waals surface area contributed by atoms with Crippen molar-refractivity contribution in [3.63, 3.8) is 0 Å². The zero-order valence-electron chi connectivity index (χ0n) is 5.57. The third kappa shape index (κ3) is 1.26. The Balaban J connectivity index is 2.85. The highest BCUT2D eigenvalue weighted by Gasteiger charge is 2.01. The molecule has 0 aromatic carbocycles. The van der Waals surface area contributed by atoms with Gasteiger partial charge < -0.3 is 5.73 Å². The second-order valence-electron chi connectivity index (χ2n) is 2.11. The molecule has 0 spiro atoms. The normalized spacial score (nSPS) is 13.7. The molecule has 0 aliphatic rings. The summed E-state index contributed by atoms with van der Waals surface area (Å²) in [5.74, 6) is 0. The molecule has 0 saturated carbocycles. The van der Waals surface area contributed by atoms with Gasteiger partial charge in [0.25, 0.3) is 0 Å². The van der Waals surface area contributed by atoms with E-state index >= 15 is 0 Å². The number of aryl methyl sites for hydroxylation is 1. The number of rotatable bonds is 1. The van der Waals surface area contributed by atoms with E-state index in [2.05, 4.69) is 10.3 Å². The first-order valence-electron chi connectivity index (χ1n) is 2.82. The van der Waals surface area contributed by atoms with Gasteiger partial charge in [0, 0.05) is 19.3 Å². The lowest BCUT2D eigenvalue weighted by molar-refractivity contribution is 0.708. The minimum atomic E-state index is -0.0151. The van der Waals surface area contributed by atoms with Crippen LogP contribution in [0.4, 0.5) is 0 Å². The van der Waals surface area contributed by atoms with Crippen LogP contribution in [0.1, 0.15) is 18.7 Å². The molecule has 0 amide bonds. The predicted molar refractivity (Wildman–Crippen MR) is 33.6 cm³/mol. The maximum atomic E-state index is 5.51. The molecular weight excluding hydrogens is 116 g/mol. The quantitative estimate of drug-likeness (QED) is 0.568. The van der Waals surface area contributed by atoms with Crippen LogP contribution in [-0.4, -0.2) is 15.0 Å². The van der Waals surface area contributed by atoms with Gasteiger partial charge >= 0.3 is 0 Å². The van der Waals surface area contributed by atoms with Crippen LogP contribution in [0, 0.1) is 0 Å². The Morgan fingerprint density at radius 3 is 2.67 bits per heavy atom. The van der Waals surface area contributed by atoms with Crippen molar-refractivity contribution in [1.82, 2.24) is 15.0 Å². The standard InChI is InChI=1S/C5H10N4/c1-4(6)5-3-9(2)8-7-5/h3-4H,6H2,1-2H3/t4-/m0/s1. The van der Waals surface area contributed by atoms with E-state index in [9.17, 15) is 0 Å². The van der Waals surface area contributed by atoms with E-state index < -0.39 is 0 Å². The minimum Gasteiger partial charge on any atom is -0.323 e. The summed E-state index contributed by atoms with van der Waals surface area (Å²) in [6.45, 7) is 1.88. The lowest BCUT2D eigenvalue weighted by atomic mass is 10.3. The van der Waals surface area contributed by atoms with E-state index in [1.165, 1.54) is 0 Å². The third-order valence-electron chi connectivity index (χ3n) is 1.09. The van der Waals surface area contributed by atoms with Gasteiger partial charge in [0.2, 0.25) is 0 Å². The van der Waals surface area contributed by atoms with Crippen LogP contribution in [0.15, 0.2) is 6.20 Å². The van der Waals surface area contributed by atoms with Crippen molar-refractivity contribution in [3.05, 3.63) is 11.9 Å². The zero-order valence-corrected chi connectivity index (χ0v) is 5.57. The Labute approximate surface area is 53.7 Å². The van der Waals surface area contributed by atoms with E-state index in [0.717, 1.165) is 5.69 Å². The molecular formula is C5H10N4. The van der Waals surface area contributed by atoms with Crippen molar-refractivity contribution in [2.24, 2.45) is 12.8 Å². The Hall–Kier alpha value is -0.900. The number of nitrogens with two attached hydrogens (primary N) is 1. The Morgan fingerprint density at radius 2 is 2.44 bits per heavy atom. The van der Waals surface area contributed by atoms with Crippen molar-refractivity contribution in [2.75, 3.05) is 0 Å². The van der Waals surface area contributed by atoms with Gasteiger partial charge in [-0.3, -0.25) is 4.68 Å². The second kappa shape index (κ2) is 2.14. The topological polar surface area (TPSA) is 56.7 Å². The fourth-order valence-electron chi connectivity index (χ4n) is 0.574. The Kier molecular flexibility index (Phi) is 1.48. The summed E-state index contributed by atoms with van der Waals surface area (Å²) in [6.07, 6.45) is 1.81. The summed E-state index contributed by atoms with van der Waals surface area (Å²) in [5, 5.41) is 7.53. The molecule has 1 heterocycles. The van der Waals surface area contributed by atoms with E-state index in [1.807, 2.05) is 20.2 Å². The van der Waals surface area contributed by atoms with E-state index in [-0.39, 0.29) is 6.04 Å². The lowest BCUT2D eigenvalue weighted by Crippen LogP contribution is -2.04. The molecule has 0 fully saturated rings.